The maximum Gasteiger partial charge on any atom is 0.276 e. The maximum atomic E-state index is 12.3. The molecule has 1 fully saturated rings. The van der Waals surface area contributed by atoms with E-state index in [1.165, 1.54) is 12.3 Å². The fraction of sp³-hybridized carbons (Fsp3) is 0.600. The first-order valence-corrected chi connectivity index (χ1v) is 6.83. The molecule has 2 rings (SSSR count). The van der Waals surface area contributed by atoms with Crippen molar-refractivity contribution in [2.75, 3.05) is 13.1 Å². The molecule has 1 N–H and O–H groups in total. The summed E-state index contributed by atoms with van der Waals surface area (Å²) < 4.78 is 0. The van der Waals surface area contributed by atoms with E-state index < -0.39 is 0 Å². The van der Waals surface area contributed by atoms with Gasteiger partial charge in [0.1, 0.15) is 5.75 Å². The lowest BCUT2D eigenvalue weighted by Crippen LogP contribution is -2.41. The summed E-state index contributed by atoms with van der Waals surface area (Å²) in [6.45, 7) is 8.24. The molecule has 1 saturated heterocycles. The summed E-state index contributed by atoms with van der Waals surface area (Å²) >= 11 is 0. The van der Waals surface area contributed by atoms with Crippen LogP contribution in [0.25, 0.3) is 0 Å². The van der Waals surface area contributed by atoms with Gasteiger partial charge in [0.2, 0.25) is 0 Å². The second kappa shape index (κ2) is 5.19. The Morgan fingerprint density at radius 2 is 2.00 bits per heavy atom. The van der Waals surface area contributed by atoms with Crippen LogP contribution in [0.2, 0.25) is 0 Å². The number of carbonyl (C=O) groups is 1. The van der Waals surface area contributed by atoms with Crippen molar-refractivity contribution >= 4 is 5.91 Å². The molecule has 0 atom stereocenters. The number of carbonyl (C=O) groups excluding carboxylic acids is 1. The second-order valence-corrected chi connectivity index (χ2v) is 6.30. The predicted molar refractivity (Wildman–Crippen MR) is 74.0 cm³/mol. The zero-order chi connectivity index (χ0) is 14.0. The topological polar surface area (TPSA) is 53.4 Å². The Morgan fingerprint density at radius 3 is 2.53 bits per heavy atom. The summed E-state index contributed by atoms with van der Waals surface area (Å²) in [5, 5.41) is 9.68. The number of rotatable bonds is 1. The van der Waals surface area contributed by atoms with Crippen LogP contribution in [-0.2, 0) is 0 Å². The van der Waals surface area contributed by atoms with Crippen molar-refractivity contribution in [1.29, 1.82) is 0 Å². The van der Waals surface area contributed by atoms with E-state index in [0.717, 1.165) is 25.9 Å². The highest BCUT2D eigenvalue weighted by Gasteiger charge is 2.31. The molecule has 2 heterocycles. The third kappa shape index (κ3) is 3.06. The molecule has 104 valence electrons. The van der Waals surface area contributed by atoms with E-state index in [4.69, 9.17) is 0 Å². The molecular formula is C15H22N2O2. The number of hydrogen-bond acceptors (Lipinski definition) is 3. The smallest absolute Gasteiger partial charge is 0.276 e. The van der Waals surface area contributed by atoms with Crippen molar-refractivity contribution in [3.8, 4) is 5.75 Å². The van der Waals surface area contributed by atoms with Gasteiger partial charge in [-0.3, -0.25) is 4.79 Å². The van der Waals surface area contributed by atoms with Gasteiger partial charge >= 0.3 is 0 Å². The van der Waals surface area contributed by atoms with Gasteiger partial charge in [-0.2, -0.15) is 0 Å². The van der Waals surface area contributed by atoms with E-state index >= 15 is 0 Å². The Balaban J connectivity index is 2.03. The number of nitrogens with zero attached hydrogens (tertiary/aromatic N) is 2. The van der Waals surface area contributed by atoms with Crippen LogP contribution in [0.1, 0.15) is 44.1 Å². The predicted octanol–water partition coefficient (Wildman–Crippen LogP) is 2.69. The molecule has 0 saturated carbocycles. The molecule has 1 aliphatic rings. The average molecular weight is 262 g/mol. The first-order valence-electron chi connectivity index (χ1n) is 6.83. The molecule has 1 amide bonds. The first-order chi connectivity index (χ1) is 8.89. The molecule has 0 aromatic carbocycles. The summed E-state index contributed by atoms with van der Waals surface area (Å²) in [5.41, 5.74) is 0.458. The minimum absolute atomic E-state index is 0.0366. The van der Waals surface area contributed by atoms with Crippen LogP contribution >= 0.6 is 0 Å². The van der Waals surface area contributed by atoms with Gasteiger partial charge in [-0.25, -0.2) is 4.98 Å². The average Bonchev–Trinajstić information content (AvgIpc) is 2.38. The minimum atomic E-state index is -0.162. The SMILES string of the molecule is CC(C)(C)C1CCN(C(=O)c2ncccc2O)CC1. The molecule has 1 aliphatic heterocycles. The number of aromatic nitrogens is 1. The molecule has 1 aromatic heterocycles. The van der Waals surface area contributed by atoms with Crippen LogP contribution in [0, 0.1) is 11.3 Å². The standard InChI is InChI=1S/C15H22N2O2/c1-15(2,3)11-6-9-17(10-7-11)14(19)13-12(18)5-4-8-16-13/h4-5,8,11,18H,6-7,9-10H2,1-3H3. The van der Waals surface area contributed by atoms with Crippen molar-refractivity contribution in [1.82, 2.24) is 9.88 Å². The molecule has 1 aromatic rings. The van der Waals surface area contributed by atoms with Crippen molar-refractivity contribution in [3.05, 3.63) is 24.0 Å². The van der Waals surface area contributed by atoms with E-state index in [1.54, 1.807) is 11.0 Å². The number of hydrogen-bond donors (Lipinski definition) is 1. The van der Waals surface area contributed by atoms with Crippen LogP contribution in [-0.4, -0.2) is 34.0 Å². The van der Waals surface area contributed by atoms with Crippen molar-refractivity contribution in [3.63, 3.8) is 0 Å². The third-order valence-electron chi connectivity index (χ3n) is 4.00. The monoisotopic (exact) mass is 262 g/mol. The van der Waals surface area contributed by atoms with Gasteiger partial charge in [-0.05, 0) is 36.3 Å². The van der Waals surface area contributed by atoms with Crippen LogP contribution < -0.4 is 0 Å². The highest BCUT2D eigenvalue weighted by Crippen LogP contribution is 2.34. The fourth-order valence-electron chi connectivity index (χ4n) is 2.66. The van der Waals surface area contributed by atoms with Gasteiger partial charge in [0, 0.05) is 19.3 Å². The Kier molecular flexibility index (Phi) is 3.78. The van der Waals surface area contributed by atoms with Crippen molar-refractivity contribution in [2.24, 2.45) is 11.3 Å². The van der Waals surface area contributed by atoms with E-state index in [1.807, 2.05) is 0 Å². The van der Waals surface area contributed by atoms with E-state index in [0.29, 0.717) is 11.3 Å². The van der Waals surface area contributed by atoms with Gasteiger partial charge in [0.15, 0.2) is 5.69 Å². The van der Waals surface area contributed by atoms with Gasteiger partial charge in [0.05, 0.1) is 0 Å². The minimum Gasteiger partial charge on any atom is -0.505 e. The number of pyridine rings is 1. The summed E-state index contributed by atoms with van der Waals surface area (Å²) in [7, 11) is 0. The molecule has 0 aliphatic carbocycles. The van der Waals surface area contributed by atoms with Crippen molar-refractivity contribution in [2.45, 2.75) is 33.6 Å². The van der Waals surface area contributed by atoms with Crippen LogP contribution in [0.3, 0.4) is 0 Å². The summed E-state index contributed by atoms with van der Waals surface area (Å²) in [5.74, 6) is 0.449. The van der Waals surface area contributed by atoms with Gasteiger partial charge in [0.25, 0.3) is 5.91 Å². The fourth-order valence-corrected chi connectivity index (χ4v) is 2.66. The van der Waals surface area contributed by atoms with Crippen molar-refractivity contribution < 1.29 is 9.90 Å². The van der Waals surface area contributed by atoms with E-state index in [-0.39, 0.29) is 17.4 Å². The largest absolute Gasteiger partial charge is 0.505 e. The quantitative estimate of drug-likeness (QED) is 0.846. The number of piperidine rings is 1. The van der Waals surface area contributed by atoms with E-state index in [2.05, 4.69) is 25.8 Å². The van der Waals surface area contributed by atoms with E-state index in [9.17, 15) is 9.90 Å². The molecule has 0 unspecified atom stereocenters. The normalized spacial score (nSPS) is 17.5. The third-order valence-corrected chi connectivity index (χ3v) is 4.00. The number of likely N-dealkylation sites (tertiary alicyclic amines) is 1. The highest BCUT2D eigenvalue weighted by atomic mass is 16.3. The number of amides is 1. The number of aromatic hydroxyl groups is 1. The summed E-state index contributed by atoms with van der Waals surface area (Å²) in [6, 6.07) is 3.13. The molecule has 4 heteroatoms. The molecular weight excluding hydrogens is 240 g/mol. The molecule has 0 spiro atoms. The maximum absolute atomic E-state index is 12.3. The van der Waals surface area contributed by atoms with Gasteiger partial charge in [-0.15, -0.1) is 0 Å². The Hall–Kier alpha value is -1.58. The highest BCUT2D eigenvalue weighted by molar-refractivity contribution is 5.94. The Bertz CT molecular complexity index is 457. The van der Waals surface area contributed by atoms with Crippen LogP contribution in [0.5, 0.6) is 5.75 Å². The molecule has 0 radical (unpaired) electrons. The summed E-state index contributed by atoms with van der Waals surface area (Å²) in [4.78, 5) is 18.1. The lowest BCUT2D eigenvalue weighted by molar-refractivity contribution is 0.0600. The molecule has 19 heavy (non-hydrogen) atoms. The zero-order valence-electron chi connectivity index (χ0n) is 11.9. The summed E-state index contributed by atoms with van der Waals surface area (Å²) in [6.07, 6.45) is 3.57. The lowest BCUT2D eigenvalue weighted by atomic mass is 9.75. The molecule has 0 bridgehead atoms. The van der Waals surface area contributed by atoms with Crippen LogP contribution in [0.4, 0.5) is 0 Å². The first kappa shape index (κ1) is 13.8. The lowest BCUT2D eigenvalue weighted by Gasteiger charge is -2.38. The van der Waals surface area contributed by atoms with Gasteiger partial charge in [-0.1, -0.05) is 20.8 Å². The molecule has 4 nitrogen and oxygen atoms in total. The van der Waals surface area contributed by atoms with Crippen LogP contribution in [0.15, 0.2) is 18.3 Å². The Morgan fingerprint density at radius 1 is 1.37 bits per heavy atom. The second-order valence-electron chi connectivity index (χ2n) is 6.30. The van der Waals surface area contributed by atoms with Gasteiger partial charge < -0.3 is 10.0 Å². The zero-order valence-corrected chi connectivity index (χ0v) is 11.9. The Labute approximate surface area is 114 Å².